The van der Waals surface area contributed by atoms with Gasteiger partial charge in [-0.15, -0.1) is 0 Å². The van der Waals surface area contributed by atoms with Crippen LogP contribution in [0.5, 0.6) is 0 Å². The van der Waals surface area contributed by atoms with Crippen LogP contribution in [0.25, 0.3) is 0 Å². The van der Waals surface area contributed by atoms with E-state index in [0.717, 1.165) is 27.8 Å². The number of amides is 3. The highest BCUT2D eigenvalue weighted by Gasteiger charge is 2.35. The van der Waals surface area contributed by atoms with Gasteiger partial charge in [0.1, 0.15) is 18.2 Å². The molecule has 0 unspecified atom stereocenters. The van der Waals surface area contributed by atoms with Crippen LogP contribution in [-0.2, 0) is 42.2 Å². The summed E-state index contributed by atoms with van der Waals surface area (Å²) >= 11 is 0. The third-order valence-electron chi connectivity index (χ3n) is 7.60. The number of carbonyl (C=O) groups excluding carboxylic acids is 3. The SMILES string of the molecule is CC(=O)Cc1ccc(CN2Cc3ccc(F)cc3CN(C3CCN(C(=O)OCc4ccccc4)CC3)C2=O)cc1. The van der Waals surface area contributed by atoms with Crippen LogP contribution >= 0.6 is 0 Å². The number of urea groups is 1. The van der Waals surface area contributed by atoms with Gasteiger partial charge in [-0.25, -0.2) is 14.0 Å². The lowest BCUT2D eigenvalue weighted by molar-refractivity contribution is -0.116. The number of benzene rings is 3. The Kier molecular flexibility index (Phi) is 8.43. The maximum Gasteiger partial charge on any atom is 0.410 e. The molecule has 0 atom stereocenters. The first-order valence-electron chi connectivity index (χ1n) is 13.7. The van der Waals surface area contributed by atoms with Crippen molar-refractivity contribution in [2.75, 3.05) is 13.1 Å². The van der Waals surface area contributed by atoms with Crippen molar-refractivity contribution in [2.24, 2.45) is 0 Å². The molecule has 0 aromatic heterocycles. The van der Waals surface area contributed by atoms with E-state index in [4.69, 9.17) is 4.74 Å². The number of likely N-dealkylation sites (tertiary alicyclic amines) is 1. The molecule has 0 radical (unpaired) electrons. The summed E-state index contributed by atoms with van der Waals surface area (Å²) in [5, 5.41) is 0. The highest BCUT2D eigenvalue weighted by Crippen LogP contribution is 2.28. The van der Waals surface area contributed by atoms with E-state index < -0.39 is 0 Å². The minimum absolute atomic E-state index is 0.0830. The number of halogens is 1. The van der Waals surface area contributed by atoms with Crippen LogP contribution in [0.4, 0.5) is 14.0 Å². The molecular weight excluding hydrogens is 509 g/mol. The van der Waals surface area contributed by atoms with Crippen molar-refractivity contribution >= 4 is 17.9 Å². The largest absolute Gasteiger partial charge is 0.445 e. The van der Waals surface area contributed by atoms with E-state index in [9.17, 15) is 18.8 Å². The number of ketones is 1. The summed E-state index contributed by atoms with van der Waals surface area (Å²) in [6.07, 6.45) is 1.26. The molecular formula is C32H34FN3O4. The van der Waals surface area contributed by atoms with Crippen LogP contribution in [0.2, 0.25) is 0 Å². The molecule has 3 aromatic carbocycles. The second kappa shape index (κ2) is 12.3. The first-order chi connectivity index (χ1) is 19.4. The normalized spacial score (nSPS) is 15.9. The van der Waals surface area contributed by atoms with Gasteiger partial charge in [0, 0.05) is 45.2 Å². The van der Waals surface area contributed by atoms with E-state index in [1.165, 1.54) is 12.1 Å². The van der Waals surface area contributed by atoms with Gasteiger partial charge >= 0.3 is 12.1 Å². The fraction of sp³-hybridized carbons (Fsp3) is 0.344. The Balaban J connectivity index is 1.27. The molecule has 8 heteroatoms. The predicted octanol–water partition coefficient (Wildman–Crippen LogP) is 5.70. The molecule has 2 heterocycles. The summed E-state index contributed by atoms with van der Waals surface area (Å²) in [6, 6.07) is 21.8. The molecule has 208 valence electrons. The fourth-order valence-electron chi connectivity index (χ4n) is 5.45. The average Bonchev–Trinajstić information content (AvgIpc) is 3.09. The molecule has 2 aliphatic rings. The Morgan fingerprint density at radius 2 is 1.57 bits per heavy atom. The predicted molar refractivity (Wildman–Crippen MR) is 149 cm³/mol. The van der Waals surface area contributed by atoms with Crippen molar-refractivity contribution in [1.82, 2.24) is 14.7 Å². The number of Topliss-reactive ketones (excluding diaryl/α,β-unsaturated/α-hetero) is 1. The standard InChI is InChI=1S/C32H34FN3O4/c1-23(37)17-24-7-9-25(10-8-24)19-35-20-27-11-12-29(33)18-28(27)21-36(31(35)38)30-13-15-34(16-14-30)32(39)40-22-26-5-3-2-4-6-26/h2-12,18,30H,13-17,19-22H2,1H3. The number of fused-ring (bicyclic) bond motifs is 1. The second-order valence-corrected chi connectivity index (χ2v) is 10.6. The molecule has 40 heavy (non-hydrogen) atoms. The van der Waals surface area contributed by atoms with Crippen molar-refractivity contribution < 1.29 is 23.5 Å². The average molecular weight is 544 g/mol. The first kappa shape index (κ1) is 27.4. The Morgan fingerprint density at radius 1 is 0.875 bits per heavy atom. The summed E-state index contributed by atoms with van der Waals surface area (Å²) in [4.78, 5) is 43.3. The molecule has 1 saturated heterocycles. The molecule has 2 aliphatic heterocycles. The van der Waals surface area contributed by atoms with Crippen molar-refractivity contribution in [3.05, 3.63) is 106 Å². The molecule has 5 rings (SSSR count). The van der Waals surface area contributed by atoms with E-state index in [-0.39, 0.29) is 36.4 Å². The molecule has 3 aromatic rings. The lowest BCUT2D eigenvalue weighted by Crippen LogP contribution is -2.51. The number of ether oxygens (including phenoxy) is 1. The zero-order valence-electron chi connectivity index (χ0n) is 22.7. The van der Waals surface area contributed by atoms with E-state index in [1.54, 1.807) is 22.8 Å². The summed E-state index contributed by atoms with van der Waals surface area (Å²) in [5.41, 5.74) is 4.56. The second-order valence-electron chi connectivity index (χ2n) is 10.6. The number of piperidine rings is 1. The molecule has 0 aliphatic carbocycles. The molecule has 0 bridgehead atoms. The van der Waals surface area contributed by atoms with Crippen LogP contribution in [0, 0.1) is 5.82 Å². The fourth-order valence-corrected chi connectivity index (χ4v) is 5.45. The zero-order valence-corrected chi connectivity index (χ0v) is 22.7. The van der Waals surface area contributed by atoms with Crippen molar-refractivity contribution in [1.29, 1.82) is 0 Å². The smallest absolute Gasteiger partial charge is 0.410 e. The maximum absolute atomic E-state index is 14.2. The summed E-state index contributed by atoms with van der Waals surface area (Å²) < 4.78 is 19.7. The van der Waals surface area contributed by atoms with Gasteiger partial charge in [-0.1, -0.05) is 60.7 Å². The molecule has 1 fully saturated rings. The van der Waals surface area contributed by atoms with Crippen molar-refractivity contribution in [2.45, 2.75) is 58.5 Å². The number of rotatable bonds is 7. The van der Waals surface area contributed by atoms with E-state index >= 15 is 0 Å². The maximum atomic E-state index is 14.2. The quantitative estimate of drug-likeness (QED) is 0.384. The molecule has 7 nitrogen and oxygen atoms in total. The third kappa shape index (κ3) is 6.68. The lowest BCUT2D eigenvalue weighted by Gasteiger charge is -2.39. The molecule has 0 saturated carbocycles. The number of nitrogens with zero attached hydrogens (tertiary/aromatic N) is 3. The summed E-state index contributed by atoms with van der Waals surface area (Å²) in [6.45, 7) is 3.85. The van der Waals surface area contributed by atoms with Crippen LogP contribution < -0.4 is 0 Å². The van der Waals surface area contributed by atoms with Crippen molar-refractivity contribution in [3.63, 3.8) is 0 Å². The summed E-state index contributed by atoms with van der Waals surface area (Å²) in [7, 11) is 0. The minimum Gasteiger partial charge on any atom is -0.445 e. The highest BCUT2D eigenvalue weighted by molar-refractivity contribution is 5.78. The summed E-state index contributed by atoms with van der Waals surface area (Å²) in [5.74, 6) is -0.220. The number of carbonyl (C=O) groups is 3. The first-order valence-corrected chi connectivity index (χ1v) is 13.7. The van der Waals surface area contributed by atoms with Gasteiger partial charge in [0.2, 0.25) is 0 Å². The van der Waals surface area contributed by atoms with Gasteiger partial charge in [-0.05, 0) is 59.7 Å². The van der Waals surface area contributed by atoms with Crippen LogP contribution in [-0.4, -0.2) is 51.7 Å². The molecule has 0 N–H and O–H groups in total. The Bertz CT molecular complexity index is 1350. The van der Waals surface area contributed by atoms with Gasteiger partial charge in [0.15, 0.2) is 0 Å². The van der Waals surface area contributed by atoms with Gasteiger partial charge in [-0.3, -0.25) is 4.79 Å². The van der Waals surface area contributed by atoms with Crippen LogP contribution in [0.3, 0.4) is 0 Å². The highest BCUT2D eigenvalue weighted by atomic mass is 19.1. The van der Waals surface area contributed by atoms with Crippen molar-refractivity contribution in [3.8, 4) is 0 Å². The zero-order chi connectivity index (χ0) is 28.1. The molecule has 0 spiro atoms. The van der Waals surface area contributed by atoms with E-state index in [1.807, 2.05) is 59.5 Å². The lowest BCUT2D eigenvalue weighted by atomic mass is 10.0. The van der Waals surface area contributed by atoms with Crippen LogP contribution in [0.1, 0.15) is 47.6 Å². The monoisotopic (exact) mass is 543 g/mol. The number of hydrogen-bond acceptors (Lipinski definition) is 4. The Labute approximate surface area is 234 Å². The van der Waals surface area contributed by atoms with Gasteiger partial charge in [0.05, 0.1) is 0 Å². The third-order valence-corrected chi connectivity index (χ3v) is 7.60. The van der Waals surface area contributed by atoms with Crippen LogP contribution in [0.15, 0.2) is 72.8 Å². The van der Waals surface area contributed by atoms with Gasteiger partial charge < -0.3 is 19.4 Å². The molecule has 3 amide bonds. The Morgan fingerprint density at radius 3 is 2.27 bits per heavy atom. The van der Waals surface area contributed by atoms with E-state index in [0.29, 0.717) is 52.0 Å². The van der Waals surface area contributed by atoms with Gasteiger partial charge in [0.25, 0.3) is 0 Å². The Hall–Kier alpha value is -4.20. The number of hydrogen-bond donors (Lipinski definition) is 0. The minimum atomic E-state index is -0.355. The van der Waals surface area contributed by atoms with E-state index in [2.05, 4.69) is 0 Å². The topological polar surface area (TPSA) is 70.2 Å². The van der Waals surface area contributed by atoms with Gasteiger partial charge in [-0.2, -0.15) is 0 Å².